The molecule has 0 aliphatic rings. The maximum Gasteiger partial charge on any atom is 0.136 e. The fourth-order valence-electron chi connectivity index (χ4n) is 3.49. The van der Waals surface area contributed by atoms with Crippen molar-refractivity contribution in [3.63, 3.8) is 0 Å². The molecule has 0 bridgehead atoms. The molecule has 0 N–H and O–H groups in total. The normalized spacial score (nSPS) is 12.8. The number of benzene rings is 3. The Hall–Kier alpha value is -2.50. The molecule has 1 atom stereocenters. The summed E-state index contributed by atoms with van der Waals surface area (Å²) in [7, 11) is -1.99. The molecule has 1 unspecified atom stereocenters. The average Bonchev–Trinajstić information content (AvgIpc) is 2.73. The molecule has 0 saturated carbocycles. The summed E-state index contributed by atoms with van der Waals surface area (Å²) in [5, 5.41) is 3.91. The molecule has 0 fully saturated rings. The van der Waals surface area contributed by atoms with Crippen molar-refractivity contribution in [2.75, 3.05) is 0 Å². The third-order valence-corrected chi connectivity index (χ3v) is 8.95. The Morgan fingerprint density at radius 1 is 0.778 bits per heavy atom. The lowest BCUT2D eigenvalue weighted by atomic mass is 10.0. The molecule has 27 heavy (non-hydrogen) atoms. The zero-order valence-electron chi connectivity index (χ0n) is 16.0. The van der Waals surface area contributed by atoms with Crippen molar-refractivity contribution in [2.45, 2.75) is 20.3 Å². The van der Waals surface area contributed by atoms with Crippen LogP contribution in [0.2, 0.25) is 0 Å². The Kier molecular flexibility index (Phi) is 6.37. The number of allylic oxidation sites excluding steroid dienone is 1. The summed E-state index contributed by atoms with van der Waals surface area (Å²) in [6, 6.07) is 32.1. The van der Waals surface area contributed by atoms with Crippen LogP contribution in [0.3, 0.4) is 0 Å². The third kappa shape index (κ3) is 4.10. The summed E-state index contributed by atoms with van der Waals surface area (Å²) >= 11 is 0. The minimum absolute atomic E-state index is 0.0412. The van der Waals surface area contributed by atoms with Gasteiger partial charge in [0.05, 0.1) is 5.82 Å². The van der Waals surface area contributed by atoms with Gasteiger partial charge in [-0.1, -0.05) is 61.5 Å². The topological polar surface area (TPSA) is 17.1 Å². The number of carbonyl (C=O) groups excluding carboxylic acids is 1. The molecule has 136 valence electrons. The highest BCUT2D eigenvalue weighted by Gasteiger charge is 2.43. The van der Waals surface area contributed by atoms with E-state index in [9.17, 15) is 4.79 Å². The first-order valence-electron chi connectivity index (χ1n) is 9.44. The second-order valence-electron chi connectivity index (χ2n) is 6.70. The number of hydrogen-bond donors (Lipinski definition) is 0. The van der Waals surface area contributed by atoms with Gasteiger partial charge in [0.25, 0.3) is 0 Å². The highest BCUT2D eigenvalue weighted by molar-refractivity contribution is 7.98. The summed E-state index contributed by atoms with van der Waals surface area (Å²) in [5.41, 5.74) is 0. The SMILES string of the molecule is CCC(C=C[P+](c1ccccc1)(c1ccccc1)c1ccccc1)C(C)=O. The molecule has 3 aromatic carbocycles. The van der Waals surface area contributed by atoms with Gasteiger partial charge in [-0.15, -0.1) is 0 Å². The monoisotopic (exact) mass is 373 g/mol. The van der Waals surface area contributed by atoms with Gasteiger partial charge in [-0.2, -0.15) is 0 Å². The van der Waals surface area contributed by atoms with Crippen LogP contribution in [0, 0.1) is 5.92 Å². The van der Waals surface area contributed by atoms with E-state index in [1.165, 1.54) is 15.9 Å². The van der Waals surface area contributed by atoms with Gasteiger partial charge in [-0.05, 0) is 55.8 Å². The van der Waals surface area contributed by atoms with Gasteiger partial charge in [0.1, 0.15) is 29.0 Å². The van der Waals surface area contributed by atoms with E-state index >= 15 is 0 Å². The van der Waals surface area contributed by atoms with Gasteiger partial charge >= 0.3 is 0 Å². The van der Waals surface area contributed by atoms with E-state index in [0.717, 1.165) is 6.42 Å². The zero-order chi connectivity index (χ0) is 19.1. The van der Waals surface area contributed by atoms with Crippen LogP contribution in [-0.4, -0.2) is 5.78 Å². The summed E-state index contributed by atoms with van der Waals surface area (Å²) in [6.45, 7) is 3.76. The number of Topliss-reactive ketones (excluding diaryl/α,β-unsaturated/α-hetero) is 1. The molecule has 0 aliphatic carbocycles. The molecule has 0 spiro atoms. The van der Waals surface area contributed by atoms with Crippen molar-refractivity contribution in [1.29, 1.82) is 0 Å². The van der Waals surface area contributed by atoms with Crippen LogP contribution in [0.25, 0.3) is 0 Å². The summed E-state index contributed by atoms with van der Waals surface area (Å²) in [6.07, 6.45) is 2.97. The predicted molar refractivity (Wildman–Crippen MR) is 119 cm³/mol. The number of hydrogen-bond acceptors (Lipinski definition) is 1. The summed E-state index contributed by atoms with van der Waals surface area (Å²) in [4.78, 5) is 12.1. The highest BCUT2D eigenvalue weighted by Crippen LogP contribution is 2.57. The summed E-state index contributed by atoms with van der Waals surface area (Å²) in [5.74, 6) is 2.52. The Labute approximate surface area is 163 Å². The quantitative estimate of drug-likeness (QED) is 0.526. The lowest BCUT2D eigenvalue weighted by Gasteiger charge is -2.24. The largest absolute Gasteiger partial charge is 0.299 e. The second-order valence-corrected chi connectivity index (χ2v) is 9.99. The fraction of sp³-hybridized carbons (Fsp3) is 0.160. The molecule has 0 radical (unpaired) electrons. The van der Waals surface area contributed by atoms with Crippen molar-refractivity contribution in [3.05, 3.63) is 103 Å². The average molecular weight is 373 g/mol. The van der Waals surface area contributed by atoms with Crippen LogP contribution in [-0.2, 0) is 4.79 Å². The van der Waals surface area contributed by atoms with Gasteiger partial charge in [-0.3, -0.25) is 4.79 Å². The molecule has 0 aromatic heterocycles. The fourth-order valence-corrected chi connectivity index (χ4v) is 7.29. The van der Waals surface area contributed by atoms with Crippen LogP contribution < -0.4 is 15.9 Å². The maximum absolute atomic E-state index is 12.1. The predicted octanol–water partition coefficient (Wildman–Crippen LogP) is 5.11. The van der Waals surface area contributed by atoms with E-state index in [4.69, 9.17) is 0 Å². The molecule has 0 aliphatic heterocycles. The van der Waals surface area contributed by atoms with Gasteiger partial charge < -0.3 is 0 Å². The first-order chi connectivity index (χ1) is 13.2. The van der Waals surface area contributed by atoms with Gasteiger partial charge in [0.15, 0.2) is 0 Å². The molecule has 3 aromatic rings. The number of ketones is 1. The van der Waals surface area contributed by atoms with Crippen molar-refractivity contribution < 1.29 is 4.79 Å². The van der Waals surface area contributed by atoms with Crippen LogP contribution in [0.4, 0.5) is 0 Å². The summed E-state index contributed by atoms with van der Waals surface area (Å²) < 4.78 is 0. The van der Waals surface area contributed by atoms with Gasteiger partial charge in [0, 0.05) is 5.92 Å². The van der Waals surface area contributed by atoms with E-state index in [1.807, 2.05) is 0 Å². The number of rotatable bonds is 7. The second kappa shape index (κ2) is 8.93. The Bertz CT molecular complexity index is 789. The first-order valence-corrected chi connectivity index (χ1v) is 11.3. The smallest absolute Gasteiger partial charge is 0.136 e. The highest BCUT2D eigenvalue weighted by atomic mass is 31.2. The van der Waals surface area contributed by atoms with Crippen molar-refractivity contribution >= 4 is 29.0 Å². The molecule has 0 heterocycles. The van der Waals surface area contributed by atoms with Crippen LogP contribution in [0.5, 0.6) is 0 Å². The standard InChI is InChI=1S/C25H26OP/c1-3-22(21(2)26)19-20-27(23-13-7-4-8-14-23,24-15-9-5-10-16-24)25-17-11-6-12-18-25/h4-20,22H,3H2,1-2H3/q+1. The first kappa shape index (κ1) is 19.3. The van der Waals surface area contributed by atoms with E-state index in [1.54, 1.807) is 6.92 Å². The van der Waals surface area contributed by atoms with Crippen molar-refractivity contribution in [2.24, 2.45) is 5.92 Å². The van der Waals surface area contributed by atoms with Crippen LogP contribution >= 0.6 is 7.26 Å². The lowest BCUT2D eigenvalue weighted by molar-refractivity contribution is -0.119. The van der Waals surface area contributed by atoms with Gasteiger partial charge in [0.2, 0.25) is 0 Å². The molecular weight excluding hydrogens is 347 g/mol. The van der Waals surface area contributed by atoms with E-state index in [-0.39, 0.29) is 11.7 Å². The maximum atomic E-state index is 12.1. The van der Waals surface area contributed by atoms with Gasteiger partial charge in [-0.25, -0.2) is 0 Å². The van der Waals surface area contributed by atoms with Crippen molar-refractivity contribution in [3.8, 4) is 0 Å². The molecule has 1 nitrogen and oxygen atoms in total. The Morgan fingerprint density at radius 3 is 1.44 bits per heavy atom. The third-order valence-electron chi connectivity index (χ3n) is 4.99. The number of carbonyl (C=O) groups is 1. The van der Waals surface area contributed by atoms with E-state index in [2.05, 4.69) is 110 Å². The molecular formula is C25H26OP+. The minimum atomic E-state index is -1.99. The molecule has 2 heteroatoms. The zero-order valence-corrected chi connectivity index (χ0v) is 16.8. The van der Waals surface area contributed by atoms with Crippen molar-refractivity contribution in [1.82, 2.24) is 0 Å². The molecule has 3 rings (SSSR count). The lowest BCUT2D eigenvalue weighted by Crippen LogP contribution is -2.29. The van der Waals surface area contributed by atoms with E-state index < -0.39 is 7.26 Å². The van der Waals surface area contributed by atoms with Crippen LogP contribution in [0.15, 0.2) is 103 Å². The van der Waals surface area contributed by atoms with Crippen LogP contribution in [0.1, 0.15) is 20.3 Å². The van der Waals surface area contributed by atoms with E-state index in [0.29, 0.717) is 0 Å². The Morgan fingerprint density at radius 2 is 1.15 bits per heavy atom. The minimum Gasteiger partial charge on any atom is -0.299 e. The molecule has 0 amide bonds. The molecule has 0 saturated heterocycles. The Balaban J connectivity index is 2.29.